The quantitative estimate of drug-likeness (QED) is 0.875. The van der Waals surface area contributed by atoms with E-state index < -0.39 is 0 Å². The third kappa shape index (κ3) is 3.63. The lowest BCUT2D eigenvalue weighted by atomic mass is 9.82. The number of piperazine rings is 1. The normalized spacial score (nSPS) is 23.8. The van der Waals surface area contributed by atoms with E-state index in [0.717, 1.165) is 19.6 Å². The van der Waals surface area contributed by atoms with Crippen LogP contribution in [0.1, 0.15) is 40.2 Å². The zero-order valence-electron chi connectivity index (χ0n) is 13.3. The summed E-state index contributed by atoms with van der Waals surface area (Å²) in [5, 5.41) is 3.73. The van der Waals surface area contributed by atoms with Crippen LogP contribution in [0.4, 0.5) is 0 Å². The maximum Gasteiger partial charge on any atom is 0.0281 e. The highest BCUT2D eigenvalue weighted by atomic mass is 79.9. The molecule has 2 rings (SSSR count). The smallest absolute Gasteiger partial charge is 0.0281 e. The van der Waals surface area contributed by atoms with Crippen LogP contribution in [0.3, 0.4) is 0 Å². The van der Waals surface area contributed by atoms with Crippen molar-refractivity contribution in [1.82, 2.24) is 10.2 Å². The number of hydrogen-bond donors (Lipinski definition) is 1. The fraction of sp³-hybridized carbons (Fsp3) is 0.647. The molecule has 0 aromatic heterocycles. The van der Waals surface area contributed by atoms with Crippen LogP contribution in [0.25, 0.3) is 0 Å². The topological polar surface area (TPSA) is 15.3 Å². The largest absolute Gasteiger partial charge is 0.310 e. The van der Waals surface area contributed by atoms with E-state index in [-0.39, 0.29) is 5.54 Å². The molecule has 0 saturated carbocycles. The molecule has 1 fully saturated rings. The van der Waals surface area contributed by atoms with Crippen molar-refractivity contribution in [2.24, 2.45) is 5.41 Å². The Bertz CT molecular complexity index is 462. The zero-order chi connectivity index (χ0) is 15.0. The SMILES string of the molecule is CC(C)(C)C1CN(Cc2ccccc2Br)C(C)(C)CN1. The first-order chi connectivity index (χ1) is 9.20. The van der Waals surface area contributed by atoms with E-state index >= 15 is 0 Å². The summed E-state index contributed by atoms with van der Waals surface area (Å²) in [5.41, 5.74) is 1.86. The minimum absolute atomic E-state index is 0.191. The fourth-order valence-corrected chi connectivity index (χ4v) is 3.12. The van der Waals surface area contributed by atoms with Crippen LogP contribution in [0.2, 0.25) is 0 Å². The van der Waals surface area contributed by atoms with E-state index in [1.807, 2.05) is 0 Å². The molecule has 20 heavy (non-hydrogen) atoms. The summed E-state index contributed by atoms with van der Waals surface area (Å²) in [6.07, 6.45) is 0. The van der Waals surface area contributed by atoms with Gasteiger partial charge in [0.05, 0.1) is 0 Å². The van der Waals surface area contributed by atoms with Gasteiger partial charge in [-0.25, -0.2) is 0 Å². The number of nitrogens with zero attached hydrogens (tertiary/aromatic N) is 1. The molecule has 1 unspecified atom stereocenters. The Morgan fingerprint density at radius 3 is 2.55 bits per heavy atom. The molecule has 1 aromatic carbocycles. The molecule has 1 atom stereocenters. The van der Waals surface area contributed by atoms with E-state index in [1.54, 1.807) is 0 Å². The molecule has 0 amide bonds. The Hall–Kier alpha value is -0.380. The van der Waals surface area contributed by atoms with Crippen molar-refractivity contribution < 1.29 is 0 Å². The van der Waals surface area contributed by atoms with Crippen LogP contribution in [-0.4, -0.2) is 29.6 Å². The molecule has 112 valence electrons. The molecule has 0 aliphatic carbocycles. The maximum atomic E-state index is 3.73. The molecule has 0 spiro atoms. The predicted molar refractivity (Wildman–Crippen MR) is 89.9 cm³/mol. The number of rotatable bonds is 2. The third-order valence-electron chi connectivity index (χ3n) is 4.40. The van der Waals surface area contributed by atoms with Crippen LogP contribution in [0.5, 0.6) is 0 Å². The van der Waals surface area contributed by atoms with Crippen LogP contribution in [0, 0.1) is 5.41 Å². The van der Waals surface area contributed by atoms with Crippen LogP contribution >= 0.6 is 15.9 Å². The van der Waals surface area contributed by atoms with Crippen molar-refractivity contribution >= 4 is 15.9 Å². The summed E-state index contributed by atoms with van der Waals surface area (Å²) < 4.78 is 1.21. The first kappa shape index (κ1) is 16.0. The Balaban J connectivity index is 2.17. The molecule has 3 heteroatoms. The highest BCUT2D eigenvalue weighted by molar-refractivity contribution is 9.10. The van der Waals surface area contributed by atoms with Gasteiger partial charge < -0.3 is 5.32 Å². The number of halogens is 1. The Morgan fingerprint density at radius 1 is 1.30 bits per heavy atom. The molecule has 1 aliphatic heterocycles. The van der Waals surface area contributed by atoms with E-state index in [0.29, 0.717) is 11.5 Å². The maximum absolute atomic E-state index is 3.73. The molecular weight excluding hydrogens is 312 g/mol. The van der Waals surface area contributed by atoms with E-state index in [9.17, 15) is 0 Å². The van der Waals surface area contributed by atoms with Gasteiger partial charge in [0.25, 0.3) is 0 Å². The summed E-state index contributed by atoms with van der Waals surface area (Å²) >= 11 is 3.67. The van der Waals surface area contributed by atoms with Crippen molar-refractivity contribution in [2.45, 2.75) is 52.7 Å². The third-order valence-corrected chi connectivity index (χ3v) is 5.18. The first-order valence-corrected chi connectivity index (χ1v) is 8.21. The highest BCUT2D eigenvalue weighted by Crippen LogP contribution is 2.30. The second kappa shape index (κ2) is 5.78. The molecule has 1 N–H and O–H groups in total. The van der Waals surface area contributed by atoms with Gasteiger partial charge in [0.15, 0.2) is 0 Å². The number of nitrogens with one attached hydrogen (secondary N) is 1. The molecule has 1 heterocycles. The highest BCUT2D eigenvalue weighted by Gasteiger charge is 2.38. The molecule has 1 aliphatic rings. The van der Waals surface area contributed by atoms with Gasteiger partial charge >= 0.3 is 0 Å². The van der Waals surface area contributed by atoms with Crippen LogP contribution in [-0.2, 0) is 6.54 Å². The van der Waals surface area contributed by atoms with E-state index in [2.05, 4.69) is 85.0 Å². The van der Waals surface area contributed by atoms with Gasteiger partial charge in [-0.3, -0.25) is 4.90 Å². The lowest BCUT2D eigenvalue weighted by molar-refractivity contribution is 0.0294. The van der Waals surface area contributed by atoms with Crippen molar-refractivity contribution in [2.75, 3.05) is 13.1 Å². The van der Waals surface area contributed by atoms with Crippen molar-refractivity contribution in [3.8, 4) is 0 Å². The fourth-order valence-electron chi connectivity index (χ4n) is 2.71. The monoisotopic (exact) mass is 338 g/mol. The van der Waals surface area contributed by atoms with Gasteiger partial charge in [-0.2, -0.15) is 0 Å². The zero-order valence-corrected chi connectivity index (χ0v) is 14.9. The van der Waals surface area contributed by atoms with E-state index in [4.69, 9.17) is 0 Å². The number of benzene rings is 1. The summed E-state index contributed by atoms with van der Waals surface area (Å²) in [6.45, 7) is 14.8. The van der Waals surface area contributed by atoms with Gasteiger partial charge in [-0.05, 0) is 30.9 Å². The second-order valence-corrected chi connectivity index (χ2v) is 8.44. The minimum Gasteiger partial charge on any atom is -0.310 e. The summed E-state index contributed by atoms with van der Waals surface area (Å²) in [4.78, 5) is 2.61. The van der Waals surface area contributed by atoms with Gasteiger partial charge in [-0.1, -0.05) is 54.9 Å². The van der Waals surface area contributed by atoms with Crippen molar-refractivity contribution in [1.29, 1.82) is 0 Å². The second-order valence-electron chi connectivity index (χ2n) is 7.58. The van der Waals surface area contributed by atoms with Gasteiger partial charge in [0.1, 0.15) is 0 Å². The average molecular weight is 339 g/mol. The summed E-state index contributed by atoms with van der Waals surface area (Å²) in [7, 11) is 0. The van der Waals surface area contributed by atoms with Gasteiger partial charge in [-0.15, -0.1) is 0 Å². The van der Waals surface area contributed by atoms with E-state index in [1.165, 1.54) is 10.0 Å². The summed E-state index contributed by atoms with van der Waals surface area (Å²) in [6, 6.07) is 9.09. The molecular formula is C17H27BrN2. The first-order valence-electron chi connectivity index (χ1n) is 7.42. The van der Waals surface area contributed by atoms with Crippen LogP contribution < -0.4 is 5.32 Å². The van der Waals surface area contributed by atoms with Crippen LogP contribution in [0.15, 0.2) is 28.7 Å². The van der Waals surface area contributed by atoms with Gasteiger partial charge in [0, 0.05) is 35.7 Å². The lowest BCUT2D eigenvalue weighted by Gasteiger charge is -2.49. The lowest BCUT2D eigenvalue weighted by Crippen LogP contribution is -2.64. The molecule has 0 radical (unpaired) electrons. The standard InChI is InChI=1S/C17H27BrN2/c1-16(2,3)15-11-20(17(4,5)12-19-15)10-13-8-6-7-9-14(13)18/h6-9,15,19H,10-12H2,1-5H3. The van der Waals surface area contributed by atoms with Crippen molar-refractivity contribution in [3.63, 3.8) is 0 Å². The average Bonchev–Trinajstić information content (AvgIpc) is 2.32. The molecule has 0 bridgehead atoms. The predicted octanol–water partition coefficient (Wildman–Crippen LogP) is 4.05. The summed E-state index contributed by atoms with van der Waals surface area (Å²) in [5.74, 6) is 0. The molecule has 1 aromatic rings. The van der Waals surface area contributed by atoms with Gasteiger partial charge in [0.2, 0.25) is 0 Å². The van der Waals surface area contributed by atoms with Crippen molar-refractivity contribution in [3.05, 3.63) is 34.3 Å². The Kier molecular flexibility index (Phi) is 4.63. The Morgan fingerprint density at radius 2 is 1.95 bits per heavy atom. The molecule has 2 nitrogen and oxygen atoms in total. The number of hydrogen-bond acceptors (Lipinski definition) is 2. The molecule has 1 saturated heterocycles. The Labute approximate surface area is 132 Å². The minimum atomic E-state index is 0.191.